The minimum absolute atomic E-state index is 0.183. The smallest absolute Gasteiger partial charge is 0.223 e. The van der Waals surface area contributed by atoms with Crippen molar-refractivity contribution < 1.29 is 9.53 Å². The molecule has 0 radical (unpaired) electrons. The summed E-state index contributed by atoms with van der Waals surface area (Å²) in [6.45, 7) is 4.53. The van der Waals surface area contributed by atoms with E-state index in [0.717, 1.165) is 52.1 Å². The fourth-order valence-electron chi connectivity index (χ4n) is 4.28. The highest BCUT2D eigenvalue weighted by Crippen LogP contribution is 2.34. The standard InChI is InChI=1S/C18H30N2O2/c21-17(16-7-3-1-4-8-16)19-15-18(9-5-2-6-10-18)20-11-13-22-14-12-20/h1,3,16H,2,4-15H2,(H,19,21)/t16-/m1/s1. The highest BCUT2D eigenvalue weighted by molar-refractivity contribution is 5.79. The van der Waals surface area contributed by atoms with Crippen molar-refractivity contribution in [2.75, 3.05) is 32.8 Å². The molecule has 0 spiro atoms. The van der Waals surface area contributed by atoms with Crippen molar-refractivity contribution >= 4 is 5.91 Å². The molecule has 124 valence electrons. The van der Waals surface area contributed by atoms with Gasteiger partial charge in [-0.15, -0.1) is 0 Å². The third kappa shape index (κ3) is 3.72. The first-order valence-electron chi connectivity index (χ1n) is 9.06. The zero-order valence-electron chi connectivity index (χ0n) is 13.7. The van der Waals surface area contributed by atoms with Crippen LogP contribution in [0.15, 0.2) is 12.2 Å². The van der Waals surface area contributed by atoms with Gasteiger partial charge in [-0.1, -0.05) is 31.4 Å². The number of ether oxygens (including phenoxy) is 1. The van der Waals surface area contributed by atoms with E-state index < -0.39 is 0 Å². The fourth-order valence-corrected chi connectivity index (χ4v) is 4.28. The van der Waals surface area contributed by atoms with Crippen molar-refractivity contribution in [3.05, 3.63) is 12.2 Å². The molecule has 1 heterocycles. The summed E-state index contributed by atoms with van der Waals surface area (Å²) < 4.78 is 5.52. The van der Waals surface area contributed by atoms with E-state index in [2.05, 4.69) is 22.4 Å². The van der Waals surface area contributed by atoms with E-state index >= 15 is 0 Å². The Hall–Kier alpha value is -0.870. The van der Waals surface area contributed by atoms with Crippen LogP contribution in [0.1, 0.15) is 51.4 Å². The van der Waals surface area contributed by atoms with Gasteiger partial charge in [0.25, 0.3) is 0 Å². The molecule has 1 atom stereocenters. The average Bonchev–Trinajstić information content (AvgIpc) is 2.62. The molecular weight excluding hydrogens is 276 g/mol. The summed E-state index contributed by atoms with van der Waals surface area (Å²) in [4.78, 5) is 15.1. The van der Waals surface area contributed by atoms with Crippen molar-refractivity contribution in [2.45, 2.75) is 56.9 Å². The van der Waals surface area contributed by atoms with Crippen LogP contribution in [0.25, 0.3) is 0 Å². The predicted molar refractivity (Wildman–Crippen MR) is 87.7 cm³/mol. The zero-order chi connectivity index (χ0) is 15.3. The Kier molecular flexibility index (Phi) is 5.53. The van der Waals surface area contributed by atoms with Gasteiger partial charge < -0.3 is 10.1 Å². The monoisotopic (exact) mass is 306 g/mol. The highest BCUT2D eigenvalue weighted by atomic mass is 16.5. The Morgan fingerprint density at radius 3 is 2.64 bits per heavy atom. The molecule has 0 aromatic carbocycles. The lowest BCUT2D eigenvalue weighted by Crippen LogP contribution is -2.60. The van der Waals surface area contributed by atoms with E-state index in [1.807, 2.05) is 0 Å². The molecular formula is C18H30N2O2. The highest BCUT2D eigenvalue weighted by Gasteiger charge is 2.39. The van der Waals surface area contributed by atoms with Crippen LogP contribution in [0, 0.1) is 5.92 Å². The van der Waals surface area contributed by atoms with Crippen LogP contribution in [-0.4, -0.2) is 49.2 Å². The van der Waals surface area contributed by atoms with Crippen LogP contribution < -0.4 is 5.32 Å². The van der Waals surface area contributed by atoms with Crippen molar-refractivity contribution in [3.63, 3.8) is 0 Å². The zero-order valence-corrected chi connectivity index (χ0v) is 13.7. The maximum atomic E-state index is 12.5. The van der Waals surface area contributed by atoms with E-state index in [-0.39, 0.29) is 17.4 Å². The molecule has 0 unspecified atom stereocenters. The number of carbonyl (C=O) groups excluding carboxylic acids is 1. The minimum Gasteiger partial charge on any atom is -0.379 e. The summed E-state index contributed by atoms with van der Waals surface area (Å²) in [7, 11) is 0. The lowest BCUT2D eigenvalue weighted by atomic mass is 9.79. The van der Waals surface area contributed by atoms with E-state index in [1.165, 1.54) is 32.1 Å². The van der Waals surface area contributed by atoms with Crippen LogP contribution in [0.3, 0.4) is 0 Å². The molecule has 1 amide bonds. The molecule has 1 N–H and O–H groups in total. The van der Waals surface area contributed by atoms with Gasteiger partial charge in [0.05, 0.1) is 13.2 Å². The summed E-state index contributed by atoms with van der Waals surface area (Å²) in [5.74, 6) is 0.456. The van der Waals surface area contributed by atoms with E-state index in [9.17, 15) is 4.79 Å². The number of nitrogens with one attached hydrogen (secondary N) is 1. The van der Waals surface area contributed by atoms with Gasteiger partial charge >= 0.3 is 0 Å². The maximum absolute atomic E-state index is 12.5. The Labute approximate surface area is 134 Å². The maximum Gasteiger partial charge on any atom is 0.223 e. The van der Waals surface area contributed by atoms with Crippen LogP contribution in [0.2, 0.25) is 0 Å². The number of carbonyl (C=O) groups is 1. The topological polar surface area (TPSA) is 41.6 Å². The van der Waals surface area contributed by atoms with Gasteiger partial charge in [0.1, 0.15) is 0 Å². The number of hydrogen-bond acceptors (Lipinski definition) is 3. The van der Waals surface area contributed by atoms with Crippen LogP contribution >= 0.6 is 0 Å². The fraction of sp³-hybridized carbons (Fsp3) is 0.833. The van der Waals surface area contributed by atoms with Gasteiger partial charge in [-0.2, -0.15) is 0 Å². The molecule has 0 aromatic heterocycles. The number of rotatable bonds is 4. The SMILES string of the molecule is O=C(NCC1(N2CCOCC2)CCCCC1)[C@@H]1CC=CCC1. The molecule has 3 aliphatic rings. The third-order valence-corrected chi connectivity index (χ3v) is 5.70. The van der Waals surface area contributed by atoms with Gasteiger partial charge in [-0.25, -0.2) is 0 Å². The normalized spacial score (nSPS) is 29.2. The molecule has 1 saturated heterocycles. The number of hydrogen-bond donors (Lipinski definition) is 1. The molecule has 0 bridgehead atoms. The Morgan fingerprint density at radius 2 is 1.95 bits per heavy atom. The second-order valence-corrected chi connectivity index (χ2v) is 7.08. The van der Waals surface area contributed by atoms with Gasteiger partial charge in [-0.3, -0.25) is 9.69 Å². The van der Waals surface area contributed by atoms with Crippen molar-refractivity contribution in [1.82, 2.24) is 10.2 Å². The molecule has 22 heavy (non-hydrogen) atoms. The second kappa shape index (κ2) is 7.60. The van der Waals surface area contributed by atoms with Gasteiger partial charge in [0.2, 0.25) is 5.91 Å². The quantitative estimate of drug-likeness (QED) is 0.811. The van der Waals surface area contributed by atoms with E-state index in [1.54, 1.807) is 0 Å². The van der Waals surface area contributed by atoms with Crippen molar-refractivity contribution in [2.24, 2.45) is 5.92 Å². The van der Waals surface area contributed by atoms with Gasteiger partial charge in [-0.05, 0) is 32.1 Å². The summed E-state index contributed by atoms with van der Waals surface area (Å²) >= 11 is 0. The Morgan fingerprint density at radius 1 is 1.18 bits per heavy atom. The van der Waals surface area contributed by atoms with Crippen LogP contribution in [-0.2, 0) is 9.53 Å². The first kappa shape index (κ1) is 16.0. The number of allylic oxidation sites excluding steroid dienone is 2. The number of morpholine rings is 1. The molecule has 1 aliphatic heterocycles. The summed E-state index contributed by atoms with van der Waals surface area (Å²) in [6.07, 6.45) is 13.7. The van der Waals surface area contributed by atoms with Gasteiger partial charge in [0.15, 0.2) is 0 Å². The number of amides is 1. The summed E-state index contributed by atoms with van der Waals surface area (Å²) in [5, 5.41) is 3.30. The van der Waals surface area contributed by atoms with Crippen LogP contribution in [0.4, 0.5) is 0 Å². The third-order valence-electron chi connectivity index (χ3n) is 5.70. The number of nitrogens with zero attached hydrogens (tertiary/aromatic N) is 1. The predicted octanol–water partition coefficient (Wildman–Crippen LogP) is 2.49. The minimum atomic E-state index is 0.183. The second-order valence-electron chi connectivity index (χ2n) is 7.08. The largest absolute Gasteiger partial charge is 0.379 e. The molecule has 4 heteroatoms. The van der Waals surface area contributed by atoms with Gasteiger partial charge in [0, 0.05) is 31.1 Å². The molecule has 3 rings (SSSR count). The first-order valence-corrected chi connectivity index (χ1v) is 9.06. The molecule has 0 aromatic rings. The lowest BCUT2D eigenvalue weighted by Gasteiger charge is -2.48. The molecule has 4 nitrogen and oxygen atoms in total. The van der Waals surface area contributed by atoms with E-state index in [0.29, 0.717) is 0 Å². The summed E-state index contributed by atoms with van der Waals surface area (Å²) in [5.41, 5.74) is 0.183. The summed E-state index contributed by atoms with van der Waals surface area (Å²) in [6, 6.07) is 0. The Bertz CT molecular complexity index is 396. The van der Waals surface area contributed by atoms with Crippen LogP contribution in [0.5, 0.6) is 0 Å². The van der Waals surface area contributed by atoms with E-state index in [4.69, 9.17) is 4.74 Å². The average molecular weight is 306 g/mol. The lowest BCUT2D eigenvalue weighted by molar-refractivity contribution is -0.126. The Balaban J connectivity index is 1.59. The van der Waals surface area contributed by atoms with Crippen molar-refractivity contribution in [3.8, 4) is 0 Å². The first-order chi connectivity index (χ1) is 10.8. The van der Waals surface area contributed by atoms with Crippen molar-refractivity contribution in [1.29, 1.82) is 0 Å². The molecule has 2 aliphatic carbocycles. The molecule has 1 saturated carbocycles. The molecule has 2 fully saturated rings.